The Morgan fingerprint density at radius 1 is 1.19 bits per heavy atom. The van der Waals surface area contributed by atoms with Gasteiger partial charge in [0.05, 0.1) is 25.3 Å². The van der Waals surface area contributed by atoms with Crippen LogP contribution < -0.4 is 9.47 Å². The number of aromatic nitrogens is 2. The molecule has 3 rings (SSSR count). The van der Waals surface area contributed by atoms with Crippen LogP contribution in [0, 0.1) is 0 Å². The molecule has 0 bridgehead atoms. The first-order chi connectivity index (χ1) is 7.81. The van der Waals surface area contributed by atoms with Gasteiger partial charge in [-0.25, -0.2) is 4.98 Å². The monoisotopic (exact) mass is 218 g/mol. The van der Waals surface area contributed by atoms with Gasteiger partial charge in [0.2, 0.25) is 0 Å². The van der Waals surface area contributed by atoms with Crippen LogP contribution in [0.25, 0.3) is 11.0 Å². The molecule has 0 aliphatic heterocycles. The van der Waals surface area contributed by atoms with Gasteiger partial charge >= 0.3 is 0 Å². The summed E-state index contributed by atoms with van der Waals surface area (Å²) in [7, 11) is 3.28. The number of hydrogen-bond donors (Lipinski definition) is 1. The Labute approximate surface area is 93.6 Å². The topological polar surface area (TPSA) is 47.1 Å². The molecule has 1 aromatic carbocycles. The molecule has 0 atom stereocenters. The van der Waals surface area contributed by atoms with Crippen molar-refractivity contribution in [1.82, 2.24) is 9.97 Å². The largest absolute Gasteiger partial charge is 0.493 e. The molecule has 16 heavy (non-hydrogen) atoms. The van der Waals surface area contributed by atoms with Crippen LogP contribution in [0.5, 0.6) is 11.5 Å². The molecule has 4 heteroatoms. The molecule has 1 fully saturated rings. The lowest BCUT2D eigenvalue weighted by atomic mass is 10.3. The van der Waals surface area contributed by atoms with Crippen LogP contribution in [-0.4, -0.2) is 24.2 Å². The standard InChI is InChI=1S/C12H14N2O2/c1-15-10-5-8-9(6-11(10)16-2)14-12(13-8)7-3-4-7/h5-7H,3-4H2,1-2H3,(H,13,14). The number of benzene rings is 1. The second-order valence-corrected chi connectivity index (χ2v) is 4.12. The molecule has 2 aromatic rings. The van der Waals surface area contributed by atoms with Crippen LogP contribution in [0.15, 0.2) is 12.1 Å². The Morgan fingerprint density at radius 3 is 2.50 bits per heavy atom. The van der Waals surface area contributed by atoms with Gasteiger partial charge < -0.3 is 14.5 Å². The van der Waals surface area contributed by atoms with E-state index in [1.165, 1.54) is 12.8 Å². The highest BCUT2D eigenvalue weighted by atomic mass is 16.5. The molecule has 84 valence electrons. The van der Waals surface area contributed by atoms with Gasteiger partial charge in [0.25, 0.3) is 0 Å². The zero-order valence-corrected chi connectivity index (χ0v) is 9.41. The number of methoxy groups -OCH3 is 2. The predicted octanol–water partition coefficient (Wildman–Crippen LogP) is 2.46. The van der Waals surface area contributed by atoms with Crippen LogP contribution in [0.2, 0.25) is 0 Å². The van der Waals surface area contributed by atoms with E-state index in [-0.39, 0.29) is 0 Å². The van der Waals surface area contributed by atoms with Gasteiger partial charge in [0.1, 0.15) is 5.82 Å². The number of fused-ring (bicyclic) bond motifs is 1. The summed E-state index contributed by atoms with van der Waals surface area (Å²) in [4.78, 5) is 7.90. The van der Waals surface area contributed by atoms with E-state index in [4.69, 9.17) is 9.47 Å². The Kier molecular flexibility index (Phi) is 2.02. The third kappa shape index (κ3) is 1.41. The Hall–Kier alpha value is -1.71. The van der Waals surface area contributed by atoms with E-state index in [0.29, 0.717) is 5.92 Å². The van der Waals surface area contributed by atoms with Gasteiger partial charge in [0.15, 0.2) is 11.5 Å². The zero-order chi connectivity index (χ0) is 11.1. The zero-order valence-electron chi connectivity index (χ0n) is 9.41. The van der Waals surface area contributed by atoms with E-state index < -0.39 is 0 Å². The molecular weight excluding hydrogens is 204 g/mol. The van der Waals surface area contributed by atoms with Gasteiger partial charge in [0, 0.05) is 18.1 Å². The summed E-state index contributed by atoms with van der Waals surface area (Å²) in [5.41, 5.74) is 1.96. The number of imidazole rings is 1. The summed E-state index contributed by atoms with van der Waals surface area (Å²) in [5.74, 6) is 3.18. The second kappa shape index (κ2) is 3.40. The summed E-state index contributed by atoms with van der Waals surface area (Å²) in [6.45, 7) is 0. The summed E-state index contributed by atoms with van der Waals surface area (Å²) >= 11 is 0. The quantitative estimate of drug-likeness (QED) is 0.860. The third-order valence-corrected chi connectivity index (χ3v) is 2.97. The van der Waals surface area contributed by atoms with Crippen molar-refractivity contribution in [1.29, 1.82) is 0 Å². The number of nitrogens with one attached hydrogen (secondary N) is 1. The van der Waals surface area contributed by atoms with Gasteiger partial charge in [-0.3, -0.25) is 0 Å². The Morgan fingerprint density at radius 2 is 1.88 bits per heavy atom. The molecule has 1 aliphatic rings. The average Bonchev–Trinajstić information content (AvgIpc) is 3.07. The van der Waals surface area contributed by atoms with Crippen molar-refractivity contribution >= 4 is 11.0 Å². The summed E-state index contributed by atoms with van der Waals surface area (Å²) in [6, 6.07) is 3.85. The maximum absolute atomic E-state index is 5.26. The molecular formula is C12H14N2O2. The molecule has 4 nitrogen and oxygen atoms in total. The lowest BCUT2D eigenvalue weighted by Gasteiger charge is -2.06. The minimum atomic E-state index is 0.629. The molecule has 0 amide bonds. The van der Waals surface area contributed by atoms with E-state index in [1.54, 1.807) is 14.2 Å². The number of aromatic amines is 1. The van der Waals surface area contributed by atoms with Crippen LogP contribution >= 0.6 is 0 Å². The van der Waals surface area contributed by atoms with Crippen LogP contribution in [0.4, 0.5) is 0 Å². The molecule has 1 aliphatic carbocycles. The fourth-order valence-electron chi connectivity index (χ4n) is 1.91. The SMILES string of the molecule is COc1cc2nc(C3CC3)[nH]c2cc1OC. The predicted molar refractivity (Wildman–Crippen MR) is 61.2 cm³/mol. The number of rotatable bonds is 3. The first-order valence-electron chi connectivity index (χ1n) is 5.43. The molecule has 0 radical (unpaired) electrons. The molecule has 0 saturated heterocycles. The van der Waals surface area contributed by atoms with Crippen LogP contribution in [-0.2, 0) is 0 Å². The van der Waals surface area contributed by atoms with Crippen molar-refractivity contribution in [3.63, 3.8) is 0 Å². The van der Waals surface area contributed by atoms with E-state index in [1.807, 2.05) is 12.1 Å². The van der Waals surface area contributed by atoms with Crippen molar-refractivity contribution in [2.45, 2.75) is 18.8 Å². The van der Waals surface area contributed by atoms with Crippen LogP contribution in [0.3, 0.4) is 0 Å². The maximum atomic E-state index is 5.26. The minimum absolute atomic E-state index is 0.629. The van der Waals surface area contributed by atoms with Crippen molar-refractivity contribution in [3.05, 3.63) is 18.0 Å². The fourth-order valence-corrected chi connectivity index (χ4v) is 1.91. The summed E-state index contributed by atoms with van der Waals surface area (Å²) < 4.78 is 10.5. The smallest absolute Gasteiger partial charge is 0.163 e. The van der Waals surface area contributed by atoms with E-state index in [2.05, 4.69) is 9.97 Å². The highest BCUT2D eigenvalue weighted by Gasteiger charge is 2.27. The first-order valence-corrected chi connectivity index (χ1v) is 5.43. The lowest BCUT2D eigenvalue weighted by Crippen LogP contribution is -1.89. The molecule has 1 N–H and O–H groups in total. The van der Waals surface area contributed by atoms with Crippen molar-refractivity contribution in [2.24, 2.45) is 0 Å². The van der Waals surface area contributed by atoms with Crippen molar-refractivity contribution in [2.75, 3.05) is 14.2 Å². The fraction of sp³-hybridized carbons (Fsp3) is 0.417. The van der Waals surface area contributed by atoms with E-state index in [9.17, 15) is 0 Å². The van der Waals surface area contributed by atoms with Crippen molar-refractivity contribution < 1.29 is 9.47 Å². The van der Waals surface area contributed by atoms with Crippen LogP contribution in [0.1, 0.15) is 24.6 Å². The number of H-pyrrole nitrogens is 1. The molecule has 0 unspecified atom stereocenters. The molecule has 0 spiro atoms. The Balaban J connectivity index is 2.14. The number of ether oxygens (including phenoxy) is 2. The lowest BCUT2D eigenvalue weighted by molar-refractivity contribution is 0.356. The van der Waals surface area contributed by atoms with Crippen molar-refractivity contribution in [3.8, 4) is 11.5 Å². The number of hydrogen-bond acceptors (Lipinski definition) is 3. The number of nitrogens with zero attached hydrogens (tertiary/aromatic N) is 1. The summed E-state index contributed by atoms with van der Waals surface area (Å²) in [5, 5.41) is 0. The second-order valence-electron chi connectivity index (χ2n) is 4.12. The average molecular weight is 218 g/mol. The van der Waals surface area contributed by atoms with E-state index >= 15 is 0 Å². The van der Waals surface area contributed by atoms with Gasteiger partial charge in [-0.15, -0.1) is 0 Å². The highest BCUT2D eigenvalue weighted by molar-refractivity contribution is 5.80. The highest BCUT2D eigenvalue weighted by Crippen LogP contribution is 2.40. The van der Waals surface area contributed by atoms with E-state index in [0.717, 1.165) is 28.4 Å². The van der Waals surface area contributed by atoms with Gasteiger partial charge in [-0.05, 0) is 12.8 Å². The van der Waals surface area contributed by atoms with Gasteiger partial charge in [-0.2, -0.15) is 0 Å². The minimum Gasteiger partial charge on any atom is -0.493 e. The first kappa shape index (κ1) is 9.51. The molecule has 1 saturated carbocycles. The van der Waals surface area contributed by atoms with Gasteiger partial charge in [-0.1, -0.05) is 0 Å². The normalized spacial score (nSPS) is 15.4. The third-order valence-electron chi connectivity index (χ3n) is 2.97. The Bertz CT molecular complexity index is 488. The molecule has 1 aromatic heterocycles. The maximum Gasteiger partial charge on any atom is 0.163 e. The summed E-state index contributed by atoms with van der Waals surface area (Å²) in [6.07, 6.45) is 2.49. The molecule has 1 heterocycles.